The molecule has 2 fully saturated rings. The summed E-state index contributed by atoms with van der Waals surface area (Å²) in [6, 6.07) is 6.55. The number of pyridine rings is 1. The van der Waals surface area contributed by atoms with Crippen molar-refractivity contribution in [3.63, 3.8) is 0 Å². The number of aromatic nitrogens is 1. The number of esters is 1. The van der Waals surface area contributed by atoms with Gasteiger partial charge in [0.1, 0.15) is 11.2 Å². The highest BCUT2D eigenvalue weighted by atomic mass is 35.5. The maximum Gasteiger partial charge on any atom is 0.325 e. The zero-order valence-electron chi connectivity index (χ0n) is 16.3. The van der Waals surface area contributed by atoms with Crippen molar-refractivity contribution < 1.29 is 9.53 Å². The van der Waals surface area contributed by atoms with Gasteiger partial charge >= 0.3 is 5.97 Å². The van der Waals surface area contributed by atoms with Crippen molar-refractivity contribution in [3.05, 3.63) is 40.0 Å². The summed E-state index contributed by atoms with van der Waals surface area (Å²) >= 11 is 6.59. The highest BCUT2D eigenvalue weighted by Crippen LogP contribution is 2.50. The fourth-order valence-electron chi connectivity index (χ4n) is 4.53. The molecule has 4 nitrogen and oxygen atoms in total. The summed E-state index contributed by atoms with van der Waals surface area (Å²) in [5.41, 5.74) is 4.30. The van der Waals surface area contributed by atoms with Gasteiger partial charge in [-0.25, -0.2) is 4.98 Å². The summed E-state index contributed by atoms with van der Waals surface area (Å²) in [6.07, 6.45) is 6.03. The molecular weight excluding hydrogens is 360 g/mol. The van der Waals surface area contributed by atoms with E-state index in [9.17, 15) is 4.79 Å². The number of hydrogen-bond donors (Lipinski definition) is 0. The minimum absolute atomic E-state index is 0.0156. The lowest BCUT2D eigenvalue weighted by atomic mass is 9.95. The predicted octanol–water partition coefficient (Wildman–Crippen LogP) is 5.13. The van der Waals surface area contributed by atoms with Crippen molar-refractivity contribution in [1.29, 1.82) is 0 Å². The van der Waals surface area contributed by atoms with Crippen LogP contribution in [0.4, 0.5) is 0 Å². The summed E-state index contributed by atoms with van der Waals surface area (Å²) in [7, 11) is 0. The fourth-order valence-corrected chi connectivity index (χ4v) is 4.79. The second-order valence-electron chi connectivity index (χ2n) is 7.88. The predicted molar refractivity (Wildman–Crippen MR) is 108 cm³/mol. The Morgan fingerprint density at radius 1 is 1.19 bits per heavy atom. The summed E-state index contributed by atoms with van der Waals surface area (Å²) in [4.78, 5) is 19.5. The van der Waals surface area contributed by atoms with E-state index in [2.05, 4.69) is 41.9 Å². The molecular formula is C22H27ClN2O2. The third kappa shape index (κ3) is 3.45. The van der Waals surface area contributed by atoms with E-state index in [1.807, 2.05) is 6.92 Å². The Morgan fingerprint density at radius 2 is 1.89 bits per heavy atom. The van der Waals surface area contributed by atoms with Crippen LogP contribution < -0.4 is 0 Å². The number of rotatable bonds is 4. The van der Waals surface area contributed by atoms with Gasteiger partial charge in [-0.2, -0.15) is 0 Å². The number of halogens is 1. The molecule has 0 spiro atoms. The summed E-state index contributed by atoms with van der Waals surface area (Å²) in [5, 5.41) is 1.58. The van der Waals surface area contributed by atoms with Crippen molar-refractivity contribution in [2.24, 2.45) is 0 Å². The molecule has 0 N–H and O–H groups in total. The molecule has 0 bridgehead atoms. The van der Waals surface area contributed by atoms with Gasteiger partial charge < -0.3 is 4.74 Å². The fraction of sp³-hybridized carbons (Fsp3) is 0.545. The quantitative estimate of drug-likeness (QED) is 0.415. The lowest BCUT2D eigenvalue weighted by Crippen LogP contribution is -2.26. The number of hydrogen-bond acceptors (Lipinski definition) is 4. The monoisotopic (exact) mass is 386 g/mol. The molecule has 4 rings (SSSR count). The van der Waals surface area contributed by atoms with Gasteiger partial charge in [0, 0.05) is 17.0 Å². The van der Waals surface area contributed by atoms with Gasteiger partial charge in [-0.3, -0.25) is 9.69 Å². The van der Waals surface area contributed by atoms with Crippen LogP contribution in [0.2, 0.25) is 5.15 Å². The van der Waals surface area contributed by atoms with Crippen LogP contribution in [0.15, 0.2) is 18.2 Å². The van der Waals surface area contributed by atoms with Crippen LogP contribution >= 0.6 is 11.6 Å². The summed E-state index contributed by atoms with van der Waals surface area (Å²) in [5.74, 6) is -0.135. The van der Waals surface area contributed by atoms with Gasteiger partial charge in [-0.1, -0.05) is 30.9 Å². The Kier molecular flexibility index (Phi) is 5.13. The van der Waals surface area contributed by atoms with E-state index in [0.29, 0.717) is 17.8 Å². The topological polar surface area (TPSA) is 42.2 Å². The van der Waals surface area contributed by atoms with Crippen LogP contribution in [0.3, 0.4) is 0 Å². The third-order valence-electron chi connectivity index (χ3n) is 6.11. The minimum Gasteiger partial charge on any atom is -0.465 e. The zero-order valence-corrected chi connectivity index (χ0v) is 17.1. The molecule has 2 aromatic rings. The Bertz CT molecular complexity index is 876. The molecule has 144 valence electrons. The number of carbonyl (C=O) groups is 1. The first kappa shape index (κ1) is 18.7. The third-order valence-corrected chi connectivity index (χ3v) is 6.41. The average Bonchev–Trinajstić information content (AvgIpc) is 3.39. The molecule has 2 heterocycles. The van der Waals surface area contributed by atoms with Crippen LogP contribution in [-0.2, 0) is 9.53 Å². The molecule has 1 unspecified atom stereocenters. The first-order chi connectivity index (χ1) is 13.0. The van der Waals surface area contributed by atoms with Crippen molar-refractivity contribution >= 4 is 28.5 Å². The Hall–Kier alpha value is -1.65. The smallest absolute Gasteiger partial charge is 0.325 e. The van der Waals surface area contributed by atoms with Gasteiger partial charge in [0.15, 0.2) is 0 Å². The van der Waals surface area contributed by atoms with E-state index in [4.69, 9.17) is 16.3 Å². The molecule has 1 saturated heterocycles. The number of benzene rings is 1. The van der Waals surface area contributed by atoms with Crippen molar-refractivity contribution in [2.75, 3.05) is 6.61 Å². The van der Waals surface area contributed by atoms with Crippen LogP contribution in [0.1, 0.15) is 61.8 Å². The average molecular weight is 387 g/mol. The van der Waals surface area contributed by atoms with E-state index in [0.717, 1.165) is 29.3 Å². The van der Waals surface area contributed by atoms with Crippen LogP contribution in [0.5, 0.6) is 0 Å². The summed E-state index contributed by atoms with van der Waals surface area (Å²) < 4.78 is 5.36. The number of aryl methyl sites for hydroxylation is 2. The van der Waals surface area contributed by atoms with E-state index >= 15 is 0 Å². The number of fused-ring (bicyclic) bond motifs is 1. The zero-order chi connectivity index (χ0) is 19.1. The Labute approximate surface area is 165 Å². The molecule has 1 aromatic carbocycles. The lowest BCUT2D eigenvalue weighted by Gasteiger charge is -2.24. The van der Waals surface area contributed by atoms with Crippen LogP contribution in [-0.4, -0.2) is 34.5 Å². The standard InChI is InChI=1S/C22H27ClN2O2/c1-4-27-22(26)20-19(25(20)16-8-6-5-7-9-16)17-12-15-10-13(2)14(3)11-18(15)24-21(17)23/h10-12,16,19-20H,4-9H2,1-3H3/t19-,20+,25?/m0/s1. The molecule has 1 saturated carbocycles. The molecule has 2 aliphatic rings. The van der Waals surface area contributed by atoms with E-state index < -0.39 is 0 Å². The van der Waals surface area contributed by atoms with Crippen LogP contribution in [0.25, 0.3) is 10.9 Å². The molecule has 1 aliphatic heterocycles. The molecule has 0 amide bonds. The number of nitrogens with zero attached hydrogens (tertiary/aromatic N) is 2. The van der Waals surface area contributed by atoms with Gasteiger partial charge in [0.05, 0.1) is 18.2 Å². The Morgan fingerprint density at radius 3 is 2.59 bits per heavy atom. The first-order valence-electron chi connectivity index (χ1n) is 10.0. The normalized spacial score (nSPS) is 25.6. The minimum atomic E-state index is -0.226. The SMILES string of the molecule is CCOC(=O)[C@H]1[C@H](c2cc3cc(C)c(C)cc3nc2Cl)N1C1CCCCC1. The first-order valence-corrected chi connectivity index (χ1v) is 10.4. The molecule has 27 heavy (non-hydrogen) atoms. The maximum atomic E-state index is 12.6. The van der Waals surface area contributed by atoms with Gasteiger partial charge in [-0.15, -0.1) is 0 Å². The maximum absolute atomic E-state index is 12.6. The van der Waals surface area contributed by atoms with Crippen molar-refractivity contribution in [1.82, 2.24) is 9.88 Å². The molecule has 0 radical (unpaired) electrons. The second-order valence-corrected chi connectivity index (χ2v) is 8.24. The van der Waals surface area contributed by atoms with E-state index in [-0.39, 0.29) is 18.1 Å². The summed E-state index contributed by atoms with van der Waals surface area (Å²) in [6.45, 7) is 6.45. The highest BCUT2D eigenvalue weighted by Gasteiger charge is 2.58. The highest BCUT2D eigenvalue weighted by molar-refractivity contribution is 6.30. The Balaban J connectivity index is 1.71. The van der Waals surface area contributed by atoms with Gasteiger partial charge in [0.25, 0.3) is 0 Å². The molecule has 5 heteroatoms. The molecule has 1 aromatic heterocycles. The largest absolute Gasteiger partial charge is 0.465 e. The van der Waals surface area contributed by atoms with E-state index in [1.54, 1.807) is 0 Å². The van der Waals surface area contributed by atoms with Gasteiger partial charge in [-0.05, 0) is 62.9 Å². The molecule has 1 aliphatic carbocycles. The molecule has 3 atom stereocenters. The van der Waals surface area contributed by atoms with Crippen molar-refractivity contribution in [3.8, 4) is 0 Å². The van der Waals surface area contributed by atoms with Gasteiger partial charge in [0.2, 0.25) is 0 Å². The number of carbonyl (C=O) groups excluding carboxylic acids is 1. The second kappa shape index (κ2) is 7.40. The number of ether oxygens (including phenoxy) is 1. The van der Waals surface area contributed by atoms with E-state index in [1.165, 1.54) is 30.4 Å². The lowest BCUT2D eigenvalue weighted by molar-refractivity contribution is -0.143. The van der Waals surface area contributed by atoms with Crippen LogP contribution in [0, 0.1) is 13.8 Å². The van der Waals surface area contributed by atoms with Crippen molar-refractivity contribution in [2.45, 2.75) is 71.0 Å².